The number of likely N-dealkylation sites (tertiary alicyclic amines) is 1. The highest BCUT2D eigenvalue weighted by Crippen LogP contribution is 2.32. The smallest absolute Gasteiger partial charge is 0.251 e. The van der Waals surface area contributed by atoms with Gasteiger partial charge in [0.05, 0.1) is 11.7 Å². The van der Waals surface area contributed by atoms with E-state index in [0.717, 1.165) is 19.3 Å². The molecule has 1 aliphatic rings. The van der Waals surface area contributed by atoms with Crippen LogP contribution in [0.3, 0.4) is 0 Å². The summed E-state index contributed by atoms with van der Waals surface area (Å²) in [5.74, 6) is -0.722. The van der Waals surface area contributed by atoms with Crippen LogP contribution in [0.2, 0.25) is 0 Å². The predicted molar refractivity (Wildman–Crippen MR) is 101 cm³/mol. The van der Waals surface area contributed by atoms with Gasteiger partial charge in [-0.05, 0) is 43.7 Å². The van der Waals surface area contributed by atoms with Crippen LogP contribution < -0.4 is 5.56 Å². The van der Waals surface area contributed by atoms with Crippen LogP contribution in [0.1, 0.15) is 36.6 Å². The van der Waals surface area contributed by atoms with Crippen molar-refractivity contribution in [1.82, 2.24) is 19.9 Å². The lowest BCUT2D eigenvalue weighted by atomic mass is 9.98. The molecule has 0 bridgehead atoms. The van der Waals surface area contributed by atoms with Crippen LogP contribution in [0, 0.1) is 11.6 Å². The third-order valence-corrected chi connectivity index (χ3v) is 5.05. The lowest BCUT2D eigenvalue weighted by Crippen LogP contribution is -2.34. The number of pyridine rings is 1. The molecule has 0 amide bonds. The summed E-state index contributed by atoms with van der Waals surface area (Å²) >= 11 is 0. The summed E-state index contributed by atoms with van der Waals surface area (Å²) in [4.78, 5) is 25.8. The lowest BCUT2D eigenvalue weighted by Gasteiger charge is -2.35. The fraction of sp³-hybridized carbons (Fsp3) is 0.286. The molecule has 3 aromatic rings. The van der Waals surface area contributed by atoms with Crippen molar-refractivity contribution >= 4 is 0 Å². The summed E-state index contributed by atoms with van der Waals surface area (Å²) in [6, 6.07) is 10.6. The summed E-state index contributed by atoms with van der Waals surface area (Å²) in [5.41, 5.74) is 0.947. The molecule has 4 rings (SSSR count). The van der Waals surface area contributed by atoms with Gasteiger partial charge in [-0.25, -0.2) is 13.8 Å². The Balaban J connectivity index is 1.68. The van der Waals surface area contributed by atoms with Gasteiger partial charge >= 0.3 is 0 Å². The molecule has 2 aromatic heterocycles. The number of H-pyrrole nitrogens is 1. The maximum Gasteiger partial charge on any atom is 0.251 e. The normalized spacial score (nSPS) is 17.6. The van der Waals surface area contributed by atoms with Crippen molar-refractivity contribution in [2.75, 3.05) is 6.54 Å². The Hall–Kier alpha value is -2.93. The van der Waals surface area contributed by atoms with E-state index in [4.69, 9.17) is 0 Å². The minimum absolute atomic E-state index is 0.0455. The average molecular weight is 382 g/mol. The third kappa shape index (κ3) is 3.84. The van der Waals surface area contributed by atoms with E-state index in [1.165, 1.54) is 24.3 Å². The molecule has 1 aromatic carbocycles. The number of rotatable bonds is 4. The molecule has 5 nitrogen and oxygen atoms in total. The van der Waals surface area contributed by atoms with Crippen LogP contribution in [0.15, 0.2) is 53.5 Å². The van der Waals surface area contributed by atoms with Gasteiger partial charge in [0.25, 0.3) is 5.56 Å². The number of hydrogen-bond donors (Lipinski definition) is 1. The average Bonchev–Trinajstić information content (AvgIpc) is 2.71. The molecule has 0 radical (unpaired) electrons. The van der Waals surface area contributed by atoms with Crippen molar-refractivity contribution in [3.63, 3.8) is 0 Å². The van der Waals surface area contributed by atoms with E-state index in [-0.39, 0.29) is 23.7 Å². The third-order valence-electron chi connectivity index (χ3n) is 5.05. The number of benzene rings is 1. The number of nitrogens with one attached hydrogen (secondary N) is 1. The van der Waals surface area contributed by atoms with Gasteiger partial charge in [-0.2, -0.15) is 0 Å². The maximum absolute atomic E-state index is 14.1. The van der Waals surface area contributed by atoms with E-state index in [1.54, 1.807) is 18.3 Å². The number of aromatic nitrogens is 3. The molecule has 144 valence electrons. The van der Waals surface area contributed by atoms with Gasteiger partial charge in [0.2, 0.25) is 0 Å². The van der Waals surface area contributed by atoms with Crippen molar-refractivity contribution in [2.45, 2.75) is 31.8 Å². The van der Waals surface area contributed by atoms with Gasteiger partial charge in [-0.15, -0.1) is 0 Å². The summed E-state index contributed by atoms with van der Waals surface area (Å²) in [6.07, 6.45) is 4.31. The second kappa shape index (κ2) is 7.98. The molecule has 7 heteroatoms. The van der Waals surface area contributed by atoms with E-state index in [2.05, 4.69) is 15.0 Å². The van der Waals surface area contributed by atoms with Gasteiger partial charge in [0.1, 0.15) is 17.3 Å². The van der Waals surface area contributed by atoms with Crippen LogP contribution in [0.5, 0.6) is 0 Å². The zero-order chi connectivity index (χ0) is 19.5. The second-order valence-electron chi connectivity index (χ2n) is 6.92. The van der Waals surface area contributed by atoms with Gasteiger partial charge < -0.3 is 4.98 Å². The summed E-state index contributed by atoms with van der Waals surface area (Å²) in [7, 11) is 0. The first-order chi connectivity index (χ1) is 13.6. The first kappa shape index (κ1) is 18.4. The monoisotopic (exact) mass is 382 g/mol. The van der Waals surface area contributed by atoms with Crippen molar-refractivity contribution in [3.05, 3.63) is 81.9 Å². The van der Waals surface area contributed by atoms with E-state index in [1.807, 2.05) is 11.0 Å². The molecular weight excluding hydrogens is 362 g/mol. The Kier molecular flexibility index (Phi) is 5.25. The quantitative estimate of drug-likeness (QED) is 0.745. The van der Waals surface area contributed by atoms with Gasteiger partial charge in [0, 0.05) is 24.4 Å². The summed E-state index contributed by atoms with van der Waals surface area (Å²) in [6.45, 7) is 0.822. The fourth-order valence-corrected chi connectivity index (χ4v) is 3.67. The number of halogens is 2. The Morgan fingerprint density at radius 3 is 2.68 bits per heavy atom. The highest BCUT2D eigenvalue weighted by Gasteiger charge is 2.27. The van der Waals surface area contributed by atoms with Crippen LogP contribution >= 0.6 is 0 Å². The van der Waals surface area contributed by atoms with Gasteiger partial charge in [-0.3, -0.25) is 14.7 Å². The topological polar surface area (TPSA) is 61.9 Å². The Bertz CT molecular complexity index is 1000. The predicted octanol–water partition coefficient (Wildman–Crippen LogP) is 3.84. The van der Waals surface area contributed by atoms with E-state index in [0.29, 0.717) is 23.8 Å². The largest absolute Gasteiger partial charge is 0.305 e. The Morgan fingerprint density at radius 1 is 1.11 bits per heavy atom. The zero-order valence-corrected chi connectivity index (χ0v) is 15.2. The highest BCUT2D eigenvalue weighted by molar-refractivity contribution is 5.48. The second-order valence-corrected chi connectivity index (χ2v) is 6.92. The molecule has 0 unspecified atom stereocenters. The minimum atomic E-state index is -0.558. The SMILES string of the molecule is O=c1cc([C@@H]2CCCCN2Cc2c(F)cccc2F)nc(-c2ccccn2)[nH]1. The molecule has 1 N–H and O–H groups in total. The first-order valence-corrected chi connectivity index (χ1v) is 9.31. The van der Waals surface area contributed by atoms with Crippen molar-refractivity contribution in [1.29, 1.82) is 0 Å². The van der Waals surface area contributed by atoms with Gasteiger partial charge in [-0.1, -0.05) is 18.6 Å². The molecule has 0 saturated carbocycles. The minimum Gasteiger partial charge on any atom is -0.305 e. The summed E-state index contributed by atoms with van der Waals surface area (Å²) < 4.78 is 28.3. The van der Waals surface area contributed by atoms with Crippen LogP contribution in [-0.2, 0) is 6.54 Å². The van der Waals surface area contributed by atoms with E-state index >= 15 is 0 Å². The van der Waals surface area contributed by atoms with Crippen molar-refractivity contribution < 1.29 is 8.78 Å². The molecule has 0 spiro atoms. The molecule has 1 atom stereocenters. The maximum atomic E-state index is 14.1. The molecule has 28 heavy (non-hydrogen) atoms. The molecule has 3 heterocycles. The van der Waals surface area contributed by atoms with E-state index in [9.17, 15) is 13.6 Å². The van der Waals surface area contributed by atoms with E-state index < -0.39 is 11.6 Å². The van der Waals surface area contributed by atoms with Crippen LogP contribution in [0.4, 0.5) is 8.78 Å². The Morgan fingerprint density at radius 2 is 1.93 bits per heavy atom. The highest BCUT2D eigenvalue weighted by atomic mass is 19.1. The zero-order valence-electron chi connectivity index (χ0n) is 15.2. The molecule has 1 aliphatic heterocycles. The standard InChI is InChI=1S/C21H20F2N4O/c22-15-6-5-7-16(23)14(15)13-27-11-4-2-9-19(27)18-12-20(28)26-21(25-18)17-8-1-3-10-24-17/h1,3,5-8,10,12,19H,2,4,9,11,13H2,(H,25,26,28)/t19-/m0/s1. The Labute approximate surface area is 161 Å². The molecular formula is C21H20F2N4O. The molecule has 1 saturated heterocycles. The molecule has 0 aliphatic carbocycles. The number of hydrogen-bond acceptors (Lipinski definition) is 4. The number of nitrogens with zero attached hydrogens (tertiary/aromatic N) is 3. The number of piperidine rings is 1. The van der Waals surface area contributed by atoms with Crippen LogP contribution in [0.25, 0.3) is 11.5 Å². The molecule has 1 fully saturated rings. The van der Waals surface area contributed by atoms with Crippen molar-refractivity contribution in [2.24, 2.45) is 0 Å². The first-order valence-electron chi connectivity index (χ1n) is 9.31. The summed E-state index contributed by atoms with van der Waals surface area (Å²) in [5, 5.41) is 0. The number of aromatic amines is 1. The van der Waals surface area contributed by atoms with Gasteiger partial charge in [0.15, 0.2) is 5.82 Å². The van der Waals surface area contributed by atoms with Crippen molar-refractivity contribution in [3.8, 4) is 11.5 Å². The lowest BCUT2D eigenvalue weighted by molar-refractivity contribution is 0.134. The van der Waals surface area contributed by atoms with Crippen LogP contribution in [-0.4, -0.2) is 26.4 Å². The fourth-order valence-electron chi connectivity index (χ4n) is 3.67.